The quantitative estimate of drug-likeness (QED) is 0.729. The molecule has 0 radical (unpaired) electrons. The highest BCUT2D eigenvalue weighted by molar-refractivity contribution is 5.54. The normalized spacial score (nSPS) is 10.0. The molecule has 3 heterocycles. The average molecular weight is 294 g/mol. The lowest BCUT2D eigenvalue weighted by molar-refractivity contribution is 0.455. The van der Waals surface area contributed by atoms with Crippen LogP contribution in [0.5, 0.6) is 11.6 Å². The number of nitrogens with zero attached hydrogens (tertiary/aromatic N) is 6. The highest BCUT2D eigenvalue weighted by Gasteiger charge is 2.13. The zero-order valence-corrected chi connectivity index (χ0v) is 11.0. The number of rotatable bonds is 3. The van der Waals surface area contributed by atoms with Crippen molar-refractivity contribution in [1.29, 1.82) is 5.26 Å². The summed E-state index contributed by atoms with van der Waals surface area (Å²) < 4.78 is 18.7. The van der Waals surface area contributed by atoms with Crippen LogP contribution in [0.3, 0.4) is 0 Å². The number of pyridine rings is 2. The third-order valence-electron chi connectivity index (χ3n) is 2.59. The van der Waals surface area contributed by atoms with Crippen LogP contribution in [-0.4, -0.2) is 25.1 Å². The molecule has 0 amide bonds. The molecule has 0 bridgehead atoms. The summed E-state index contributed by atoms with van der Waals surface area (Å²) in [6.07, 6.45) is 5.53. The molecule has 0 saturated heterocycles. The van der Waals surface area contributed by atoms with Crippen LogP contribution >= 0.6 is 0 Å². The van der Waals surface area contributed by atoms with Gasteiger partial charge in [0.1, 0.15) is 17.6 Å². The van der Waals surface area contributed by atoms with Crippen molar-refractivity contribution in [1.82, 2.24) is 25.1 Å². The highest BCUT2D eigenvalue weighted by Crippen LogP contribution is 2.23. The zero-order chi connectivity index (χ0) is 15.4. The Balaban J connectivity index is 2.02. The number of halogens is 1. The van der Waals surface area contributed by atoms with E-state index in [9.17, 15) is 4.39 Å². The third-order valence-corrected chi connectivity index (χ3v) is 2.59. The molecule has 0 spiro atoms. The molecule has 0 aromatic carbocycles. The van der Waals surface area contributed by atoms with Gasteiger partial charge in [-0.15, -0.1) is 10.2 Å². The van der Waals surface area contributed by atoms with Gasteiger partial charge in [-0.2, -0.15) is 10.2 Å². The average Bonchev–Trinajstić information content (AvgIpc) is 2.56. The number of nitriles is 1. The first kappa shape index (κ1) is 13.5. The van der Waals surface area contributed by atoms with E-state index in [1.807, 2.05) is 6.07 Å². The van der Waals surface area contributed by atoms with Crippen LogP contribution in [0.1, 0.15) is 5.69 Å². The summed E-state index contributed by atoms with van der Waals surface area (Å²) in [6.45, 7) is 0. The molecule has 106 valence electrons. The van der Waals surface area contributed by atoms with E-state index in [4.69, 9.17) is 10.00 Å². The summed E-state index contributed by atoms with van der Waals surface area (Å²) in [5, 5.41) is 16.6. The maximum Gasteiger partial charge on any atom is 0.260 e. The van der Waals surface area contributed by atoms with Gasteiger partial charge in [0.15, 0.2) is 5.82 Å². The molecular formula is C14H7FN6O. The molecule has 0 aliphatic carbocycles. The highest BCUT2D eigenvalue weighted by atomic mass is 19.1. The van der Waals surface area contributed by atoms with E-state index in [2.05, 4.69) is 25.1 Å². The van der Waals surface area contributed by atoms with Gasteiger partial charge >= 0.3 is 0 Å². The number of aromatic nitrogens is 5. The largest absolute Gasteiger partial charge is 0.436 e. The van der Waals surface area contributed by atoms with Gasteiger partial charge in [-0.1, -0.05) is 0 Å². The molecule has 0 atom stereocenters. The van der Waals surface area contributed by atoms with Crippen molar-refractivity contribution in [2.24, 2.45) is 0 Å². The molecule has 0 unspecified atom stereocenters. The number of ether oxygens (including phenoxy) is 1. The minimum Gasteiger partial charge on any atom is -0.436 e. The van der Waals surface area contributed by atoms with Crippen LogP contribution < -0.4 is 4.74 Å². The van der Waals surface area contributed by atoms with E-state index in [0.29, 0.717) is 11.3 Å². The summed E-state index contributed by atoms with van der Waals surface area (Å²) in [7, 11) is 0. The number of hydrogen-bond donors (Lipinski definition) is 0. The summed E-state index contributed by atoms with van der Waals surface area (Å²) >= 11 is 0. The van der Waals surface area contributed by atoms with Gasteiger partial charge in [0.05, 0.1) is 6.20 Å². The zero-order valence-electron chi connectivity index (χ0n) is 11.0. The Bertz CT molecular complexity index is 849. The van der Waals surface area contributed by atoms with Crippen LogP contribution in [0.2, 0.25) is 0 Å². The van der Waals surface area contributed by atoms with E-state index in [-0.39, 0.29) is 17.4 Å². The molecule has 0 aliphatic rings. The van der Waals surface area contributed by atoms with Gasteiger partial charge in [0, 0.05) is 24.2 Å². The fourth-order valence-electron chi connectivity index (χ4n) is 1.63. The first-order valence-electron chi connectivity index (χ1n) is 6.10. The van der Waals surface area contributed by atoms with Gasteiger partial charge in [-0.3, -0.25) is 9.97 Å². The molecule has 0 aliphatic heterocycles. The SMILES string of the molecule is N#Cc1nnc(-c2cncc(F)c2)nc1Oc1ccncc1. The van der Waals surface area contributed by atoms with Crippen molar-refractivity contribution in [3.05, 3.63) is 54.5 Å². The van der Waals surface area contributed by atoms with E-state index >= 15 is 0 Å². The number of hydrogen-bond acceptors (Lipinski definition) is 7. The smallest absolute Gasteiger partial charge is 0.260 e. The molecular weight excluding hydrogens is 287 g/mol. The topological polar surface area (TPSA) is 97.5 Å². The Hall–Kier alpha value is -3.47. The van der Waals surface area contributed by atoms with Crippen molar-refractivity contribution >= 4 is 0 Å². The molecule has 3 aromatic heterocycles. The van der Waals surface area contributed by atoms with E-state index < -0.39 is 5.82 Å². The molecule has 22 heavy (non-hydrogen) atoms. The molecule has 8 heteroatoms. The van der Waals surface area contributed by atoms with E-state index in [1.165, 1.54) is 24.7 Å². The lowest BCUT2D eigenvalue weighted by Crippen LogP contribution is -2.01. The van der Waals surface area contributed by atoms with Gasteiger partial charge in [0.2, 0.25) is 5.69 Å². The van der Waals surface area contributed by atoms with Crippen LogP contribution in [0.4, 0.5) is 4.39 Å². The van der Waals surface area contributed by atoms with Crippen molar-refractivity contribution in [3.8, 4) is 29.1 Å². The van der Waals surface area contributed by atoms with Gasteiger partial charge in [-0.05, 0) is 18.2 Å². The summed E-state index contributed by atoms with van der Waals surface area (Å²) in [6, 6.07) is 6.26. The first-order chi connectivity index (χ1) is 10.8. The molecule has 0 saturated carbocycles. The minimum atomic E-state index is -0.526. The van der Waals surface area contributed by atoms with E-state index in [1.54, 1.807) is 12.1 Å². The van der Waals surface area contributed by atoms with Crippen molar-refractivity contribution < 1.29 is 9.13 Å². The second-order valence-corrected chi connectivity index (χ2v) is 4.08. The van der Waals surface area contributed by atoms with Crippen LogP contribution in [0, 0.1) is 17.1 Å². The van der Waals surface area contributed by atoms with Crippen molar-refractivity contribution in [2.75, 3.05) is 0 Å². The molecule has 3 rings (SSSR count). The monoisotopic (exact) mass is 294 g/mol. The van der Waals surface area contributed by atoms with Crippen LogP contribution in [0.15, 0.2) is 43.0 Å². The molecule has 0 N–H and O–H groups in total. The third kappa shape index (κ3) is 2.83. The Morgan fingerprint density at radius 3 is 2.64 bits per heavy atom. The fraction of sp³-hybridized carbons (Fsp3) is 0. The first-order valence-corrected chi connectivity index (χ1v) is 6.10. The minimum absolute atomic E-state index is 0.0250. The Kier molecular flexibility index (Phi) is 3.61. The van der Waals surface area contributed by atoms with Crippen molar-refractivity contribution in [2.45, 2.75) is 0 Å². The van der Waals surface area contributed by atoms with Crippen molar-refractivity contribution in [3.63, 3.8) is 0 Å². The maximum absolute atomic E-state index is 13.2. The fourth-order valence-corrected chi connectivity index (χ4v) is 1.63. The summed E-state index contributed by atoms with van der Waals surface area (Å²) in [5.41, 5.74) is 0.251. The Morgan fingerprint density at radius 2 is 1.91 bits per heavy atom. The predicted octanol–water partition coefficient (Wildman–Crippen LogP) is 2.13. The van der Waals surface area contributed by atoms with E-state index in [0.717, 1.165) is 6.20 Å². The second kappa shape index (κ2) is 5.88. The molecule has 0 fully saturated rings. The van der Waals surface area contributed by atoms with Gasteiger partial charge in [-0.25, -0.2) is 4.39 Å². The molecule has 3 aromatic rings. The predicted molar refractivity (Wildman–Crippen MR) is 72.0 cm³/mol. The second-order valence-electron chi connectivity index (χ2n) is 4.08. The van der Waals surface area contributed by atoms with Gasteiger partial charge in [0.25, 0.3) is 5.88 Å². The summed E-state index contributed by atoms with van der Waals surface area (Å²) in [4.78, 5) is 11.7. The molecule has 7 nitrogen and oxygen atoms in total. The lowest BCUT2D eigenvalue weighted by Gasteiger charge is -2.06. The maximum atomic E-state index is 13.2. The van der Waals surface area contributed by atoms with Crippen LogP contribution in [0.25, 0.3) is 11.4 Å². The lowest BCUT2D eigenvalue weighted by atomic mass is 10.2. The van der Waals surface area contributed by atoms with Crippen LogP contribution in [-0.2, 0) is 0 Å². The van der Waals surface area contributed by atoms with Gasteiger partial charge < -0.3 is 4.74 Å². The summed E-state index contributed by atoms with van der Waals surface area (Å²) in [5.74, 6) is -0.00426. The Labute approximate surface area is 124 Å². The Morgan fingerprint density at radius 1 is 1.09 bits per heavy atom. The standard InChI is InChI=1S/C14H7FN6O/c15-10-5-9(7-18-8-10)13-19-14(12(6-16)20-21-13)22-11-1-3-17-4-2-11/h1-5,7-8H.